The number of primary amides is 1. The minimum atomic E-state index is -0.612. The van der Waals surface area contributed by atoms with Crippen LogP contribution in [0.1, 0.15) is 23.2 Å². The van der Waals surface area contributed by atoms with E-state index in [4.69, 9.17) is 22.1 Å². The Morgan fingerprint density at radius 2 is 2.14 bits per heavy atom. The van der Waals surface area contributed by atoms with Crippen molar-refractivity contribution in [3.8, 4) is 0 Å². The second kappa shape index (κ2) is 7.26. The fourth-order valence-corrected chi connectivity index (χ4v) is 2.54. The van der Waals surface area contributed by atoms with Gasteiger partial charge in [-0.25, -0.2) is 4.79 Å². The van der Waals surface area contributed by atoms with Gasteiger partial charge in [0.2, 0.25) is 5.91 Å². The molecule has 0 bridgehead atoms. The average Bonchev–Trinajstić information content (AvgIpc) is 2.52. The van der Waals surface area contributed by atoms with E-state index in [2.05, 4.69) is 0 Å². The first-order valence-electron chi connectivity index (χ1n) is 6.97. The molecule has 22 heavy (non-hydrogen) atoms. The summed E-state index contributed by atoms with van der Waals surface area (Å²) in [6, 6.07) is 6.30. The second-order valence-electron chi connectivity index (χ2n) is 5.17. The molecule has 7 heteroatoms. The first-order chi connectivity index (χ1) is 10.5. The van der Waals surface area contributed by atoms with Gasteiger partial charge < -0.3 is 15.4 Å². The SMILES string of the molecule is NC(=O)[C@H]1CCCN(C(=O)COC(=O)c2cccc(Cl)c2)C1. The Kier molecular flexibility index (Phi) is 5.38. The van der Waals surface area contributed by atoms with Crippen LogP contribution in [0.2, 0.25) is 5.02 Å². The molecule has 0 saturated carbocycles. The molecular formula is C15H17ClN2O4. The number of benzene rings is 1. The zero-order valence-electron chi connectivity index (χ0n) is 12.0. The molecule has 1 heterocycles. The van der Waals surface area contributed by atoms with Crippen molar-refractivity contribution in [3.63, 3.8) is 0 Å². The van der Waals surface area contributed by atoms with E-state index in [0.717, 1.165) is 0 Å². The van der Waals surface area contributed by atoms with Crippen molar-refractivity contribution in [3.05, 3.63) is 34.9 Å². The van der Waals surface area contributed by atoms with Gasteiger partial charge in [-0.05, 0) is 31.0 Å². The molecule has 1 aliphatic rings. The number of carbonyl (C=O) groups is 3. The van der Waals surface area contributed by atoms with Crippen LogP contribution in [0.15, 0.2) is 24.3 Å². The number of halogens is 1. The Morgan fingerprint density at radius 3 is 2.82 bits per heavy atom. The number of ether oxygens (including phenoxy) is 1. The zero-order chi connectivity index (χ0) is 16.1. The molecular weight excluding hydrogens is 308 g/mol. The lowest BCUT2D eigenvalue weighted by molar-refractivity contribution is -0.137. The van der Waals surface area contributed by atoms with Crippen LogP contribution in [0.5, 0.6) is 0 Å². The smallest absolute Gasteiger partial charge is 0.338 e. The maximum atomic E-state index is 12.0. The third-order valence-corrected chi connectivity index (χ3v) is 3.80. The van der Waals surface area contributed by atoms with Crippen molar-refractivity contribution in [1.82, 2.24) is 4.90 Å². The van der Waals surface area contributed by atoms with E-state index in [0.29, 0.717) is 24.4 Å². The van der Waals surface area contributed by atoms with Gasteiger partial charge >= 0.3 is 5.97 Å². The normalized spacial score (nSPS) is 17.9. The number of esters is 1. The van der Waals surface area contributed by atoms with Crippen LogP contribution in [0, 0.1) is 5.92 Å². The molecule has 1 saturated heterocycles. The molecule has 1 aliphatic heterocycles. The summed E-state index contributed by atoms with van der Waals surface area (Å²) in [6.45, 7) is 0.455. The Labute approximate surface area is 133 Å². The van der Waals surface area contributed by atoms with Crippen LogP contribution in [0.25, 0.3) is 0 Å². The van der Waals surface area contributed by atoms with E-state index in [1.165, 1.54) is 11.0 Å². The van der Waals surface area contributed by atoms with E-state index < -0.39 is 11.9 Å². The van der Waals surface area contributed by atoms with E-state index in [1.54, 1.807) is 18.2 Å². The molecule has 0 aromatic heterocycles. The minimum Gasteiger partial charge on any atom is -0.452 e. The van der Waals surface area contributed by atoms with E-state index in [9.17, 15) is 14.4 Å². The van der Waals surface area contributed by atoms with Crippen LogP contribution >= 0.6 is 11.6 Å². The van der Waals surface area contributed by atoms with Crippen molar-refractivity contribution < 1.29 is 19.1 Å². The van der Waals surface area contributed by atoms with Crippen LogP contribution in [0.4, 0.5) is 0 Å². The first-order valence-corrected chi connectivity index (χ1v) is 7.35. The highest BCUT2D eigenvalue weighted by atomic mass is 35.5. The molecule has 118 valence electrons. The quantitative estimate of drug-likeness (QED) is 0.843. The summed E-state index contributed by atoms with van der Waals surface area (Å²) in [7, 11) is 0. The number of carbonyl (C=O) groups excluding carboxylic acids is 3. The van der Waals surface area contributed by atoms with Crippen LogP contribution in [-0.2, 0) is 14.3 Å². The lowest BCUT2D eigenvalue weighted by Gasteiger charge is -2.31. The monoisotopic (exact) mass is 324 g/mol. The molecule has 6 nitrogen and oxygen atoms in total. The minimum absolute atomic E-state index is 0.281. The second-order valence-corrected chi connectivity index (χ2v) is 5.60. The Balaban J connectivity index is 1.87. The van der Waals surface area contributed by atoms with Gasteiger partial charge in [0.05, 0.1) is 11.5 Å². The predicted octanol–water partition coefficient (Wildman–Crippen LogP) is 1.22. The van der Waals surface area contributed by atoms with Gasteiger partial charge in [-0.3, -0.25) is 9.59 Å². The molecule has 1 aromatic carbocycles. The van der Waals surface area contributed by atoms with Crippen molar-refractivity contribution >= 4 is 29.4 Å². The number of likely N-dealkylation sites (tertiary alicyclic amines) is 1. The van der Waals surface area contributed by atoms with Crippen molar-refractivity contribution in [1.29, 1.82) is 0 Å². The number of amides is 2. The van der Waals surface area contributed by atoms with E-state index in [-0.39, 0.29) is 30.5 Å². The van der Waals surface area contributed by atoms with Gasteiger partial charge in [0.15, 0.2) is 6.61 Å². The zero-order valence-corrected chi connectivity index (χ0v) is 12.7. The molecule has 2 rings (SSSR count). The highest BCUT2D eigenvalue weighted by molar-refractivity contribution is 6.30. The number of nitrogens with zero attached hydrogens (tertiary/aromatic N) is 1. The fraction of sp³-hybridized carbons (Fsp3) is 0.400. The van der Waals surface area contributed by atoms with Gasteiger partial charge in [0.25, 0.3) is 5.91 Å². The summed E-state index contributed by atoms with van der Waals surface area (Å²) in [5, 5.41) is 0.418. The van der Waals surface area contributed by atoms with E-state index in [1.807, 2.05) is 0 Å². The molecule has 1 atom stereocenters. The topological polar surface area (TPSA) is 89.7 Å². The molecule has 0 aliphatic carbocycles. The molecule has 0 unspecified atom stereocenters. The number of hydrogen-bond acceptors (Lipinski definition) is 4. The standard InChI is InChI=1S/C15H17ClN2O4/c16-12-5-1-3-10(7-12)15(21)22-9-13(19)18-6-2-4-11(8-18)14(17)20/h1,3,5,7,11H,2,4,6,8-9H2,(H2,17,20)/t11-/m0/s1. The van der Waals surface area contributed by atoms with Crippen molar-refractivity contribution in [2.75, 3.05) is 19.7 Å². The third-order valence-electron chi connectivity index (χ3n) is 3.56. The number of nitrogens with two attached hydrogens (primary N) is 1. The Bertz CT molecular complexity index is 591. The molecule has 0 radical (unpaired) electrons. The number of hydrogen-bond donors (Lipinski definition) is 1. The fourth-order valence-electron chi connectivity index (χ4n) is 2.35. The summed E-state index contributed by atoms with van der Waals surface area (Å²) in [5.41, 5.74) is 5.55. The lowest BCUT2D eigenvalue weighted by atomic mass is 9.97. The van der Waals surface area contributed by atoms with E-state index >= 15 is 0 Å². The van der Waals surface area contributed by atoms with Gasteiger partial charge in [-0.2, -0.15) is 0 Å². The van der Waals surface area contributed by atoms with Crippen LogP contribution < -0.4 is 5.73 Å². The first kappa shape index (κ1) is 16.3. The maximum absolute atomic E-state index is 12.0. The molecule has 1 fully saturated rings. The maximum Gasteiger partial charge on any atom is 0.338 e. The predicted molar refractivity (Wildman–Crippen MR) is 80.2 cm³/mol. The average molecular weight is 325 g/mol. The Morgan fingerprint density at radius 1 is 1.36 bits per heavy atom. The summed E-state index contributed by atoms with van der Waals surface area (Å²) < 4.78 is 4.99. The summed E-state index contributed by atoms with van der Waals surface area (Å²) in [6.07, 6.45) is 1.39. The number of piperidine rings is 1. The summed E-state index contributed by atoms with van der Waals surface area (Å²) in [5.74, 6) is -1.68. The summed E-state index contributed by atoms with van der Waals surface area (Å²) in [4.78, 5) is 36.6. The lowest BCUT2D eigenvalue weighted by Crippen LogP contribution is -2.45. The number of rotatable bonds is 4. The van der Waals surface area contributed by atoms with Crippen molar-refractivity contribution in [2.45, 2.75) is 12.8 Å². The van der Waals surface area contributed by atoms with Gasteiger partial charge in [-0.1, -0.05) is 17.7 Å². The largest absolute Gasteiger partial charge is 0.452 e. The highest BCUT2D eigenvalue weighted by Crippen LogP contribution is 2.16. The van der Waals surface area contributed by atoms with Crippen LogP contribution in [-0.4, -0.2) is 42.4 Å². The van der Waals surface area contributed by atoms with Crippen LogP contribution in [0.3, 0.4) is 0 Å². The molecule has 0 spiro atoms. The van der Waals surface area contributed by atoms with Gasteiger partial charge in [0, 0.05) is 18.1 Å². The molecule has 2 amide bonds. The highest BCUT2D eigenvalue weighted by Gasteiger charge is 2.27. The Hall–Kier alpha value is -2.08. The van der Waals surface area contributed by atoms with Gasteiger partial charge in [0.1, 0.15) is 0 Å². The molecule has 2 N–H and O–H groups in total. The third kappa shape index (κ3) is 4.21. The van der Waals surface area contributed by atoms with Crippen molar-refractivity contribution in [2.24, 2.45) is 11.7 Å². The summed E-state index contributed by atoms with van der Waals surface area (Å²) >= 11 is 5.79. The van der Waals surface area contributed by atoms with Gasteiger partial charge in [-0.15, -0.1) is 0 Å². The molecule has 1 aromatic rings.